The van der Waals surface area contributed by atoms with Crippen molar-refractivity contribution in [3.8, 4) is 0 Å². The first-order valence-electron chi connectivity index (χ1n) is 7.44. The summed E-state index contributed by atoms with van der Waals surface area (Å²) in [5.74, 6) is 0.730. The van der Waals surface area contributed by atoms with Gasteiger partial charge in [-0.3, -0.25) is 4.79 Å². The highest BCUT2D eigenvalue weighted by Crippen LogP contribution is 2.14. The predicted octanol–water partition coefficient (Wildman–Crippen LogP) is 2.43. The van der Waals surface area contributed by atoms with Crippen molar-refractivity contribution in [2.45, 2.75) is 32.0 Å². The minimum absolute atomic E-state index is 0.0249. The number of thioether (sulfide) groups is 1. The molecule has 0 bridgehead atoms. The van der Waals surface area contributed by atoms with E-state index in [4.69, 9.17) is 11.6 Å². The SMILES string of the molecule is CC(C)Cn1nnnc1SCC(=O)NCCc1ccc(Cl)cc1. The van der Waals surface area contributed by atoms with E-state index in [1.165, 1.54) is 11.8 Å². The normalized spacial score (nSPS) is 11.0. The lowest BCUT2D eigenvalue weighted by molar-refractivity contribution is -0.118. The van der Waals surface area contributed by atoms with Gasteiger partial charge in [0, 0.05) is 18.1 Å². The molecular weight excluding hydrogens is 334 g/mol. The van der Waals surface area contributed by atoms with E-state index in [1.807, 2.05) is 24.3 Å². The summed E-state index contributed by atoms with van der Waals surface area (Å²) in [5, 5.41) is 15.8. The summed E-state index contributed by atoms with van der Waals surface area (Å²) in [6, 6.07) is 7.62. The zero-order valence-electron chi connectivity index (χ0n) is 13.2. The Labute approximate surface area is 145 Å². The molecule has 0 unspecified atom stereocenters. The second-order valence-corrected chi connectivity index (χ2v) is 6.93. The minimum Gasteiger partial charge on any atom is -0.355 e. The fourth-order valence-electron chi connectivity index (χ4n) is 1.94. The third-order valence-electron chi connectivity index (χ3n) is 3.02. The second-order valence-electron chi connectivity index (χ2n) is 5.55. The van der Waals surface area contributed by atoms with E-state index in [2.05, 4.69) is 34.7 Å². The maximum absolute atomic E-state index is 11.9. The number of carbonyl (C=O) groups is 1. The number of rotatable bonds is 8. The van der Waals surface area contributed by atoms with Crippen molar-refractivity contribution in [1.29, 1.82) is 0 Å². The van der Waals surface area contributed by atoms with Crippen LogP contribution in [0.4, 0.5) is 0 Å². The molecule has 0 spiro atoms. The standard InChI is InChI=1S/C15H20ClN5OS/c1-11(2)9-21-15(18-19-20-21)23-10-14(22)17-8-7-12-3-5-13(16)6-4-12/h3-6,11H,7-10H2,1-2H3,(H,17,22). The molecular formula is C15H20ClN5OS. The number of carbonyl (C=O) groups excluding carboxylic acids is 1. The van der Waals surface area contributed by atoms with E-state index >= 15 is 0 Å². The van der Waals surface area contributed by atoms with Crippen molar-refractivity contribution in [1.82, 2.24) is 25.5 Å². The second kappa shape index (κ2) is 8.88. The Hall–Kier alpha value is -1.60. The number of nitrogens with one attached hydrogen (secondary N) is 1. The van der Waals surface area contributed by atoms with Crippen molar-refractivity contribution in [2.75, 3.05) is 12.3 Å². The number of hydrogen-bond acceptors (Lipinski definition) is 5. The Morgan fingerprint density at radius 2 is 2.09 bits per heavy atom. The zero-order valence-corrected chi connectivity index (χ0v) is 14.8. The Kier molecular flexibility index (Phi) is 6.85. The molecule has 8 heteroatoms. The van der Waals surface area contributed by atoms with Gasteiger partial charge in [0.05, 0.1) is 5.75 Å². The zero-order chi connectivity index (χ0) is 16.7. The van der Waals surface area contributed by atoms with Gasteiger partial charge in [0.2, 0.25) is 11.1 Å². The molecule has 0 aliphatic carbocycles. The number of tetrazole rings is 1. The van der Waals surface area contributed by atoms with E-state index in [0.717, 1.165) is 18.5 Å². The van der Waals surface area contributed by atoms with Crippen LogP contribution in [0, 0.1) is 5.92 Å². The molecule has 2 aromatic rings. The van der Waals surface area contributed by atoms with Crippen molar-refractivity contribution in [3.05, 3.63) is 34.9 Å². The molecule has 2 rings (SSSR count). The summed E-state index contributed by atoms with van der Waals surface area (Å²) in [4.78, 5) is 11.9. The summed E-state index contributed by atoms with van der Waals surface area (Å²) in [7, 11) is 0. The van der Waals surface area contributed by atoms with Gasteiger partial charge >= 0.3 is 0 Å². The number of nitrogens with zero attached hydrogens (tertiary/aromatic N) is 4. The molecule has 0 saturated heterocycles. The van der Waals surface area contributed by atoms with Crippen LogP contribution in [0.3, 0.4) is 0 Å². The van der Waals surface area contributed by atoms with Gasteiger partial charge in [-0.15, -0.1) is 5.10 Å². The van der Waals surface area contributed by atoms with Gasteiger partial charge in [0.15, 0.2) is 0 Å². The van der Waals surface area contributed by atoms with Gasteiger partial charge in [0.1, 0.15) is 0 Å². The smallest absolute Gasteiger partial charge is 0.230 e. The third kappa shape index (κ3) is 6.19. The van der Waals surface area contributed by atoms with Crippen molar-refractivity contribution < 1.29 is 4.79 Å². The molecule has 6 nitrogen and oxygen atoms in total. The molecule has 1 amide bonds. The number of amides is 1. The van der Waals surface area contributed by atoms with Gasteiger partial charge in [-0.2, -0.15) is 0 Å². The van der Waals surface area contributed by atoms with Gasteiger partial charge in [-0.25, -0.2) is 4.68 Å². The van der Waals surface area contributed by atoms with Crippen LogP contribution in [0.15, 0.2) is 29.4 Å². The Bertz CT molecular complexity index is 629. The molecule has 23 heavy (non-hydrogen) atoms. The van der Waals surface area contributed by atoms with Gasteiger partial charge in [-0.1, -0.05) is 49.3 Å². The molecule has 1 heterocycles. The molecule has 124 valence electrons. The van der Waals surface area contributed by atoms with Crippen LogP contribution in [0.5, 0.6) is 0 Å². The highest BCUT2D eigenvalue weighted by Gasteiger charge is 2.10. The van der Waals surface area contributed by atoms with Crippen LogP contribution < -0.4 is 5.32 Å². The maximum Gasteiger partial charge on any atom is 0.230 e. The Morgan fingerprint density at radius 1 is 1.35 bits per heavy atom. The number of hydrogen-bond donors (Lipinski definition) is 1. The van der Waals surface area contributed by atoms with Crippen LogP contribution in [-0.4, -0.2) is 38.4 Å². The first-order chi connectivity index (χ1) is 11.0. The Morgan fingerprint density at radius 3 is 2.78 bits per heavy atom. The highest BCUT2D eigenvalue weighted by atomic mass is 35.5. The van der Waals surface area contributed by atoms with Crippen molar-refractivity contribution in [2.24, 2.45) is 5.92 Å². The average Bonchev–Trinajstić information content (AvgIpc) is 2.93. The number of aromatic nitrogens is 4. The first kappa shape index (κ1) is 17.7. The van der Waals surface area contributed by atoms with Gasteiger partial charge < -0.3 is 5.32 Å². The fourth-order valence-corrected chi connectivity index (χ4v) is 2.78. The maximum atomic E-state index is 11.9. The molecule has 0 saturated carbocycles. The van der Waals surface area contributed by atoms with E-state index < -0.39 is 0 Å². The molecule has 1 N–H and O–H groups in total. The highest BCUT2D eigenvalue weighted by molar-refractivity contribution is 7.99. The number of halogens is 1. The van der Waals surface area contributed by atoms with E-state index in [1.54, 1.807) is 4.68 Å². The molecule has 1 aromatic heterocycles. The molecule has 0 aliphatic heterocycles. The lowest BCUT2D eigenvalue weighted by Crippen LogP contribution is -2.27. The van der Waals surface area contributed by atoms with Crippen molar-refractivity contribution >= 4 is 29.3 Å². The van der Waals surface area contributed by atoms with E-state index in [9.17, 15) is 4.79 Å². The molecule has 0 atom stereocenters. The minimum atomic E-state index is -0.0249. The third-order valence-corrected chi connectivity index (χ3v) is 4.23. The summed E-state index contributed by atoms with van der Waals surface area (Å²) in [5.41, 5.74) is 1.14. The fraction of sp³-hybridized carbons (Fsp3) is 0.467. The average molecular weight is 354 g/mol. The lowest BCUT2D eigenvalue weighted by atomic mass is 10.1. The van der Waals surface area contributed by atoms with Gasteiger partial charge in [0.25, 0.3) is 0 Å². The quantitative estimate of drug-likeness (QED) is 0.738. The summed E-state index contributed by atoms with van der Waals surface area (Å²) in [6.45, 7) is 5.53. The van der Waals surface area contributed by atoms with Crippen LogP contribution >= 0.6 is 23.4 Å². The number of benzene rings is 1. The van der Waals surface area contributed by atoms with Crippen LogP contribution in [0.2, 0.25) is 5.02 Å². The molecule has 0 aliphatic rings. The van der Waals surface area contributed by atoms with Crippen LogP contribution in [-0.2, 0) is 17.8 Å². The summed E-state index contributed by atoms with van der Waals surface area (Å²) >= 11 is 7.19. The summed E-state index contributed by atoms with van der Waals surface area (Å²) in [6.07, 6.45) is 0.776. The largest absolute Gasteiger partial charge is 0.355 e. The van der Waals surface area contributed by atoms with Crippen LogP contribution in [0.25, 0.3) is 0 Å². The van der Waals surface area contributed by atoms with E-state index in [0.29, 0.717) is 28.4 Å². The first-order valence-corrected chi connectivity index (χ1v) is 8.81. The van der Waals surface area contributed by atoms with Crippen molar-refractivity contribution in [3.63, 3.8) is 0 Å². The Balaban J connectivity index is 1.71. The molecule has 0 fully saturated rings. The lowest BCUT2D eigenvalue weighted by Gasteiger charge is -2.07. The van der Waals surface area contributed by atoms with E-state index in [-0.39, 0.29) is 5.91 Å². The molecule has 0 radical (unpaired) electrons. The van der Waals surface area contributed by atoms with Gasteiger partial charge in [-0.05, 0) is 40.5 Å². The monoisotopic (exact) mass is 353 g/mol. The molecule has 1 aromatic carbocycles. The summed E-state index contributed by atoms with van der Waals surface area (Å²) < 4.78 is 1.73. The topological polar surface area (TPSA) is 72.7 Å². The van der Waals surface area contributed by atoms with Crippen LogP contribution in [0.1, 0.15) is 19.4 Å². The predicted molar refractivity (Wildman–Crippen MR) is 91.5 cm³/mol.